The molecule has 0 unspecified atom stereocenters. The highest BCUT2D eigenvalue weighted by Crippen LogP contribution is 2.24. The number of rotatable bonds is 6. The molecule has 2 amide bonds. The number of methoxy groups -OCH3 is 1. The molecule has 2 aromatic rings. The molecule has 0 saturated carbocycles. The predicted octanol–water partition coefficient (Wildman–Crippen LogP) is 4.21. The average molecular weight is 441 g/mol. The second kappa shape index (κ2) is 10.3. The standard InChI is InChI=1S/C25H32N2O5/c1-8-20-21(10-9-11-22(20)31-7)23(29)26-27(25(4,5)6)24(30)19-13-16(2)12-18(14-19)15-32-17(3)28/h9-14H,8,15H2,1-7H3,(H,26,29). The molecule has 0 aliphatic rings. The van der Waals surface area contributed by atoms with Crippen molar-refractivity contribution in [2.45, 2.75) is 60.1 Å². The molecule has 0 radical (unpaired) electrons. The first-order chi connectivity index (χ1) is 15.0. The summed E-state index contributed by atoms with van der Waals surface area (Å²) in [5, 5.41) is 1.33. The highest BCUT2D eigenvalue weighted by Gasteiger charge is 2.30. The number of hydrogen-bond donors (Lipinski definition) is 1. The summed E-state index contributed by atoms with van der Waals surface area (Å²) in [6.45, 7) is 10.7. The normalized spacial score (nSPS) is 11.0. The SMILES string of the molecule is CCc1c(OC)cccc1C(=O)NN(C(=O)c1cc(C)cc(COC(C)=O)c1)C(C)(C)C. The van der Waals surface area contributed by atoms with Crippen LogP contribution in [-0.2, 0) is 22.6 Å². The number of benzene rings is 2. The molecule has 2 aromatic carbocycles. The number of nitrogens with one attached hydrogen (secondary N) is 1. The Balaban J connectivity index is 2.39. The maximum atomic E-state index is 13.5. The largest absolute Gasteiger partial charge is 0.496 e. The van der Waals surface area contributed by atoms with E-state index >= 15 is 0 Å². The summed E-state index contributed by atoms with van der Waals surface area (Å²) in [7, 11) is 1.56. The molecular formula is C25H32N2O5. The van der Waals surface area contributed by atoms with E-state index in [1.807, 2.05) is 40.7 Å². The van der Waals surface area contributed by atoms with E-state index in [4.69, 9.17) is 9.47 Å². The van der Waals surface area contributed by atoms with Crippen LogP contribution >= 0.6 is 0 Å². The van der Waals surface area contributed by atoms with Crippen molar-refractivity contribution >= 4 is 17.8 Å². The van der Waals surface area contributed by atoms with Crippen molar-refractivity contribution < 1.29 is 23.9 Å². The number of amides is 2. The van der Waals surface area contributed by atoms with Gasteiger partial charge in [-0.3, -0.25) is 19.8 Å². The second-order valence-electron chi connectivity index (χ2n) is 8.58. The minimum absolute atomic E-state index is 0.0723. The zero-order chi connectivity index (χ0) is 24.1. The summed E-state index contributed by atoms with van der Waals surface area (Å²) in [5.41, 5.74) is 5.26. The van der Waals surface area contributed by atoms with Crippen LogP contribution < -0.4 is 10.2 Å². The number of ether oxygens (including phenoxy) is 2. The lowest BCUT2D eigenvalue weighted by Crippen LogP contribution is -2.56. The van der Waals surface area contributed by atoms with E-state index in [2.05, 4.69) is 5.43 Å². The Morgan fingerprint density at radius 3 is 2.34 bits per heavy atom. The molecule has 0 aromatic heterocycles. The number of carbonyl (C=O) groups is 3. The summed E-state index contributed by atoms with van der Waals surface area (Å²) in [6.07, 6.45) is 0.605. The topological polar surface area (TPSA) is 84.9 Å². The van der Waals surface area contributed by atoms with Gasteiger partial charge in [-0.25, -0.2) is 5.01 Å². The van der Waals surface area contributed by atoms with E-state index in [0.717, 1.165) is 11.1 Å². The molecule has 0 atom stereocenters. The minimum atomic E-state index is -0.697. The third-order valence-corrected chi connectivity index (χ3v) is 4.86. The fraction of sp³-hybridized carbons (Fsp3) is 0.400. The predicted molar refractivity (Wildman–Crippen MR) is 122 cm³/mol. The maximum absolute atomic E-state index is 13.5. The summed E-state index contributed by atoms with van der Waals surface area (Å²) < 4.78 is 10.5. The zero-order valence-electron chi connectivity index (χ0n) is 19.9. The van der Waals surface area contributed by atoms with Gasteiger partial charge in [0.15, 0.2) is 0 Å². The molecule has 172 valence electrons. The van der Waals surface area contributed by atoms with Gasteiger partial charge < -0.3 is 9.47 Å². The lowest BCUT2D eigenvalue weighted by molar-refractivity contribution is -0.142. The minimum Gasteiger partial charge on any atom is -0.496 e. The van der Waals surface area contributed by atoms with Crippen molar-refractivity contribution in [1.29, 1.82) is 0 Å². The van der Waals surface area contributed by atoms with Crippen LogP contribution in [0.2, 0.25) is 0 Å². The fourth-order valence-corrected chi connectivity index (χ4v) is 3.40. The van der Waals surface area contributed by atoms with Gasteiger partial charge in [0, 0.05) is 23.6 Å². The first-order valence-electron chi connectivity index (χ1n) is 10.5. The molecule has 0 saturated heterocycles. The molecule has 0 aliphatic carbocycles. The molecule has 0 aliphatic heterocycles. The molecule has 2 rings (SSSR count). The van der Waals surface area contributed by atoms with Crippen molar-refractivity contribution in [3.05, 3.63) is 64.2 Å². The molecular weight excluding hydrogens is 408 g/mol. The molecule has 7 heteroatoms. The van der Waals surface area contributed by atoms with E-state index in [0.29, 0.717) is 28.9 Å². The Morgan fingerprint density at radius 2 is 1.78 bits per heavy atom. The first-order valence-corrected chi connectivity index (χ1v) is 10.5. The molecule has 7 nitrogen and oxygen atoms in total. The van der Waals surface area contributed by atoms with Gasteiger partial charge in [-0.05, 0) is 69.5 Å². The molecule has 0 spiro atoms. The van der Waals surface area contributed by atoms with E-state index < -0.39 is 17.4 Å². The number of esters is 1. The van der Waals surface area contributed by atoms with Crippen LogP contribution in [0.3, 0.4) is 0 Å². The molecule has 1 N–H and O–H groups in total. The van der Waals surface area contributed by atoms with Crippen LogP contribution in [0.4, 0.5) is 0 Å². The van der Waals surface area contributed by atoms with Gasteiger partial charge in [0.05, 0.1) is 12.6 Å². The van der Waals surface area contributed by atoms with E-state index in [9.17, 15) is 14.4 Å². The maximum Gasteiger partial charge on any atom is 0.302 e. The highest BCUT2D eigenvalue weighted by atomic mass is 16.5. The van der Waals surface area contributed by atoms with E-state index in [1.54, 1.807) is 37.4 Å². The number of carbonyl (C=O) groups excluding carboxylic acids is 3. The number of nitrogens with zero attached hydrogens (tertiary/aromatic N) is 1. The van der Waals surface area contributed by atoms with Crippen LogP contribution in [0.1, 0.15) is 72.0 Å². The Kier molecular flexibility index (Phi) is 8.02. The molecule has 0 bridgehead atoms. The van der Waals surface area contributed by atoms with Gasteiger partial charge in [0.25, 0.3) is 11.8 Å². The third kappa shape index (κ3) is 6.09. The van der Waals surface area contributed by atoms with Crippen molar-refractivity contribution in [3.8, 4) is 5.75 Å². The molecule has 0 fully saturated rings. The fourth-order valence-electron chi connectivity index (χ4n) is 3.40. The Labute approximate surface area is 189 Å². The van der Waals surface area contributed by atoms with Crippen molar-refractivity contribution in [1.82, 2.24) is 10.4 Å². The molecule has 32 heavy (non-hydrogen) atoms. The van der Waals surface area contributed by atoms with E-state index in [1.165, 1.54) is 11.9 Å². The van der Waals surface area contributed by atoms with Gasteiger partial charge >= 0.3 is 5.97 Å². The first kappa shape index (κ1) is 24.9. The van der Waals surface area contributed by atoms with Gasteiger partial charge in [0.2, 0.25) is 0 Å². The summed E-state index contributed by atoms with van der Waals surface area (Å²) in [4.78, 5) is 37.8. The van der Waals surface area contributed by atoms with E-state index in [-0.39, 0.29) is 12.5 Å². The third-order valence-electron chi connectivity index (χ3n) is 4.86. The monoisotopic (exact) mass is 440 g/mol. The zero-order valence-corrected chi connectivity index (χ0v) is 19.9. The van der Waals surface area contributed by atoms with Crippen LogP contribution in [-0.4, -0.2) is 35.4 Å². The summed E-state index contributed by atoms with van der Waals surface area (Å²) in [5.74, 6) is -0.521. The van der Waals surface area contributed by atoms with Crippen molar-refractivity contribution in [2.24, 2.45) is 0 Å². The van der Waals surface area contributed by atoms with Crippen LogP contribution in [0.5, 0.6) is 5.75 Å². The Bertz CT molecular complexity index is 1010. The van der Waals surface area contributed by atoms with Crippen LogP contribution in [0.25, 0.3) is 0 Å². The van der Waals surface area contributed by atoms with Crippen LogP contribution in [0.15, 0.2) is 36.4 Å². The van der Waals surface area contributed by atoms with Crippen LogP contribution in [0, 0.1) is 6.92 Å². The van der Waals surface area contributed by atoms with Gasteiger partial charge in [-0.1, -0.05) is 19.1 Å². The lowest BCUT2D eigenvalue weighted by atomic mass is 10.0. The summed E-state index contributed by atoms with van der Waals surface area (Å²) in [6, 6.07) is 10.5. The number of aryl methyl sites for hydroxylation is 1. The van der Waals surface area contributed by atoms with Crippen molar-refractivity contribution in [2.75, 3.05) is 7.11 Å². The number of hydrazine groups is 1. The molecule has 0 heterocycles. The van der Waals surface area contributed by atoms with Gasteiger partial charge in [-0.15, -0.1) is 0 Å². The van der Waals surface area contributed by atoms with Gasteiger partial charge in [-0.2, -0.15) is 0 Å². The Morgan fingerprint density at radius 1 is 1.09 bits per heavy atom. The number of hydrogen-bond acceptors (Lipinski definition) is 5. The smallest absolute Gasteiger partial charge is 0.302 e. The average Bonchev–Trinajstić information content (AvgIpc) is 2.73. The van der Waals surface area contributed by atoms with Crippen molar-refractivity contribution in [3.63, 3.8) is 0 Å². The Hall–Kier alpha value is -3.35. The lowest BCUT2D eigenvalue weighted by Gasteiger charge is -2.36. The highest BCUT2D eigenvalue weighted by molar-refractivity contribution is 6.00. The van der Waals surface area contributed by atoms with Gasteiger partial charge in [0.1, 0.15) is 12.4 Å². The second-order valence-corrected chi connectivity index (χ2v) is 8.58. The summed E-state index contributed by atoms with van der Waals surface area (Å²) >= 11 is 0. The quantitative estimate of drug-likeness (QED) is 0.537.